The molecule has 23 nitrogen and oxygen atoms in total. The molecular weight excluding hydrogens is 1010 g/mol. The third-order valence-corrected chi connectivity index (χ3v) is 12.2. The number of benzene rings is 6. The van der Waals surface area contributed by atoms with Gasteiger partial charge in [0, 0.05) is 34.3 Å². The minimum atomic E-state index is -5.10. The molecule has 0 aliphatic carbocycles. The molecule has 0 aliphatic heterocycles. The molecule has 6 aromatic carbocycles. The van der Waals surface area contributed by atoms with E-state index in [9.17, 15) is 65.5 Å². The Morgan fingerprint density at radius 2 is 0.957 bits per heavy atom. The molecule has 8 N–H and O–H groups in total. The van der Waals surface area contributed by atoms with Crippen molar-refractivity contribution >= 4 is 123 Å². The lowest BCUT2D eigenvalue weighted by atomic mass is 10.1. The molecule has 0 spiro atoms. The van der Waals surface area contributed by atoms with Crippen molar-refractivity contribution in [2.75, 3.05) is 24.9 Å². The van der Waals surface area contributed by atoms with Crippen molar-refractivity contribution in [3.63, 3.8) is 0 Å². The molecule has 1 aromatic heterocycles. The summed E-state index contributed by atoms with van der Waals surface area (Å²) in [6.45, 7) is 0. The summed E-state index contributed by atoms with van der Waals surface area (Å²) in [5, 5.41) is 60.9. The number of carbonyl (C=O) groups excluding carboxylic acids is 2. The molecule has 1 heterocycles. The lowest BCUT2D eigenvalue weighted by Gasteiger charge is -2.12. The monoisotopic (exact) mass is 1030 g/mol. The van der Waals surface area contributed by atoms with E-state index in [4.69, 9.17) is 32.7 Å². The number of carboxylic acids is 2. The Kier molecular flexibility index (Phi) is 13.7. The van der Waals surface area contributed by atoms with E-state index in [1.807, 2.05) is 0 Å². The number of hydrogen-bond donors (Lipinski definition) is 8. The van der Waals surface area contributed by atoms with Crippen molar-refractivity contribution in [1.82, 2.24) is 4.98 Å². The maximum absolute atomic E-state index is 13.4. The first kappa shape index (κ1) is 49.6. The first-order chi connectivity index (χ1) is 33.0. The number of nitrogens with one attached hydrogen (secondary N) is 2. The number of aromatic carboxylic acids is 2. The molecular formula is C43H29Cl2N7O16S2. The van der Waals surface area contributed by atoms with Gasteiger partial charge in [0.15, 0.2) is 11.5 Å². The van der Waals surface area contributed by atoms with Gasteiger partial charge in [-0.05, 0) is 83.6 Å². The number of rotatable bonds is 14. The summed E-state index contributed by atoms with van der Waals surface area (Å²) in [6.07, 6.45) is 0. The molecule has 0 bridgehead atoms. The molecule has 27 heteroatoms. The number of methoxy groups -OCH3 is 2. The quantitative estimate of drug-likeness (QED) is 0.0371. The zero-order valence-electron chi connectivity index (χ0n) is 35.2. The van der Waals surface area contributed by atoms with Crippen LogP contribution in [-0.2, 0) is 20.2 Å². The van der Waals surface area contributed by atoms with Crippen LogP contribution in [0.15, 0.2) is 121 Å². The zero-order chi connectivity index (χ0) is 51.0. The Morgan fingerprint density at radius 3 is 1.30 bits per heavy atom. The number of hydrogen-bond acceptors (Lipinski definition) is 17. The Balaban J connectivity index is 1.12. The van der Waals surface area contributed by atoms with Gasteiger partial charge >= 0.3 is 11.9 Å². The molecule has 70 heavy (non-hydrogen) atoms. The van der Waals surface area contributed by atoms with Crippen molar-refractivity contribution in [3.8, 4) is 23.0 Å². The van der Waals surface area contributed by atoms with Crippen molar-refractivity contribution in [2.45, 2.75) is 9.79 Å². The predicted molar refractivity (Wildman–Crippen MR) is 249 cm³/mol. The number of ether oxygens (including phenoxy) is 2. The summed E-state index contributed by atoms with van der Waals surface area (Å²) in [4.78, 5) is 52.2. The summed E-state index contributed by atoms with van der Waals surface area (Å²) in [7, 11) is -7.83. The lowest BCUT2D eigenvalue weighted by molar-refractivity contribution is 0.0682. The fourth-order valence-corrected chi connectivity index (χ4v) is 8.36. The summed E-state index contributed by atoms with van der Waals surface area (Å²) in [6, 6.07) is 17.7. The number of fused-ring (bicyclic) bond motifs is 2. The summed E-state index contributed by atoms with van der Waals surface area (Å²) < 4.78 is 80.2. The summed E-state index contributed by atoms with van der Waals surface area (Å²) >= 11 is 12.3. The SMILES string of the molecule is COc1cc(N=Nc2c(S(=O)(=O)O)cc3cc(NC(=O)c4cccc(C(=O)Nc5ccc6c(O)c(N=Nc7cc(OC)c(C(=O)O)cc7Cl)c(S(=O)(=O)O)cc6c5)n4)ccc3c2O)c(Cl)cc1C(=O)O. The number of aromatic hydroxyl groups is 2. The fourth-order valence-electron chi connectivity index (χ4n) is 6.64. The van der Waals surface area contributed by atoms with Crippen molar-refractivity contribution in [1.29, 1.82) is 0 Å². The second kappa shape index (κ2) is 19.3. The van der Waals surface area contributed by atoms with Gasteiger partial charge in [0.1, 0.15) is 66.6 Å². The largest absolute Gasteiger partial charge is 0.505 e. The third kappa shape index (κ3) is 10.2. The average Bonchev–Trinajstić information content (AvgIpc) is 3.30. The van der Waals surface area contributed by atoms with Gasteiger partial charge < -0.3 is 40.5 Å². The molecule has 7 rings (SSSR count). The van der Waals surface area contributed by atoms with Crippen LogP contribution in [0.5, 0.6) is 23.0 Å². The van der Waals surface area contributed by atoms with Gasteiger partial charge in [0.25, 0.3) is 32.1 Å². The van der Waals surface area contributed by atoms with Crippen molar-refractivity contribution in [3.05, 3.63) is 124 Å². The van der Waals surface area contributed by atoms with E-state index < -0.39 is 76.7 Å². The summed E-state index contributed by atoms with van der Waals surface area (Å²) in [5.41, 5.74) is -2.88. The molecule has 0 saturated heterocycles. The first-order valence-corrected chi connectivity index (χ1v) is 22.8. The van der Waals surface area contributed by atoms with Gasteiger partial charge in [-0.2, -0.15) is 16.8 Å². The van der Waals surface area contributed by atoms with E-state index in [0.717, 1.165) is 36.4 Å². The van der Waals surface area contributed by atoms with Crippen LogP contribution in [-0.4, -0.2) is 89.3 Å². The number of pyridine rings is 1. The van der Waals surface area contributed by atoms with E-state index in [-0.39, 0.29) is 88.4 Å². The van der Waals surface area contributed by atoms with Crippen LogP contribution < -0.4 is 20.1 Å². The number of carbonyl (C=O) groups is 4. The summed E-state index contributed by atoms with van der Waals surface area (Å²) in [5.74, 6) is -6.28. The van der Waals surface area contributed by atoms with Crippen LogP contribution >= 0.6 is 23.2 Å². The number of azo groups is 2. The minimum absolute atomic E-state index is 0.0149. The molecule has 0 atom stereocenters. The lowest BCUT2D eigenvalue weighted by Crippen LogP contribution is -2.18. The highest BCUT2D eigenvalue weighted by atomic mass is 35.5. The molecule has 0 radical (unpaired) electrons. The fraction of sp³-hybridized carbons (Fsp3) is 0.0465. The van der Waals surface area contributed by atoms with Crippen LogP contribution in [0.4, 0.5) is 34.1 Å². The molecule has 0 saturated carbocycles. The molecule has 0 fully saturated rings. The number of nitrogens with zero attached hydrogens (tertiary/aromatic N) is 5. The normalized spacial score (nSPS) is 11.9. The van der Waals surface area contributed by atoms with Gasteiger partial charge in [-0.25, -0.2) is 14.6 Å². The van der Waals surface area contributed by atoms with Gasteiger partial charge in [-0.3, -0.25) is 18.7 Å². The number of phenolic OH excluding ortho intramolecular Hbond substituents is 2. The van der Waals surface area contributed by atoms with Crippen LogP contribution in [0.3, 0.4) is 0 Å². The number of phenols is 2. The second-order valence-electron chi connectivity index (χ2n) is 14.3. The van der Waals surface area contributed by atoms with E-state index in [0.29, 0.717) is 0 Å². The molecule has 7 aromatic rings. The highest BCUT2D eigenvalue weighted by Crippen LogP contribution is 2.45. The third-order valence-electron chi connectivity index (χ3n) is 9.90. The van der Waals surface area contributed by atoms with E-state index in [2.05, 4.69) is 36.1 Å². The van der Waals surface area contributed by atoms with Gasteiger partial charge in [-0.15, -0.1) is 20.5 Å². The van der Waals surface area contributed by atoms with Gasteiger partial charge in [-0.1, -0.05) is 29.3 Å². The smallest absolute Gasteiger partial charge is 0.339 e. The van der Waals surface area contributed by atoms with Crippen LogP contribution in [0.2, 0.25) is 10.0 Å². The Labute approximate surface area is 402 Å². The maximum atomic E-state index is 13.4. The minimum Gasteiger partial charge on any atom is -0.505 e. The van der Waals surface area contributed by atoms with Gasteiger partial charge in [0.2, 0.25) is 0 Å². The van der Waals surface area contributed by atoms with Crippen LogP contribution in [0.1, 0.15) is 41.7 Å². The van der Waals surface area contributed by atoms with Crippen LogP contribution in [0.25, 0.3) is 21.5 Å². The highest BCUT2D eigenvalue weighted by molar-refractivity contribution is 7.86. The molecule has 358 valence electrons. The zero-order valence-corrected chi connectivity index (χ0v) is 38.4. The van der Waals surface area contributed by atoms with Crippen LogP contribution in [0, 0.1) is 0 Å². The second-order valence-corrected chi connectivity index (χ2v) is 17.9. The van der Waals surface area contributed by atoms with E-state index in [1.54, 1.807) is 0 Å². The Morgan fingerprint density at radius 1 is 0.571 bits per heavy atom. The molecule has 0 unspecified atom stereocenters. The Bertz CT molecular complexity index is 3470. The number of carboxylic acid groups (broad SMARTS) is 2. The van der Waals surface area contributed by atoms with Gasteiger partial charge in [0.05, 0.1) is 24.3 Å². The Hall–Kier alpha value is -8.33. The van der Waals surface area contributed by atoms with Crippen molar-refractivity contribution in [2.24, 2.45) is 20.5 Å². The number of halogens is 2. The highest BCUT2D eigenvalue weighted by Gasteiger charge is 2.26. The number of anilines is 2. The maximum Gasteiger partial charge on any atom is 0.339 e. The standard InChI is InChI=1S/C43H29Cl2N7O16S2/c1-67-32-16-30(26(44)14-24(32)42(57)58)49-51-36-34(69(61,62)63)12-18-10-20(6-8-22(18)38(36)53)46-40(55)28-4-3-5-29(48-28)41(56)47-21-7-9-23-19(11-21)13-35(70(64,65)66)37(39(23)54)52-50-31-17-33(68-2)25(43(59)60)15-27(31)45/h3-17,53-54H,1-2H3,(H,46,55)(H,47,56)(H,57,58)(H,59,60)(H,61,62,63)(H,64,65,66). The predicted octanol–water partition coefficient (Wildman–Crippen LogP) is 9.35. The van der Waals surface area contributed by atoms with Crippen molar-refractivity contribution < 1.29 is 75.0 Å². The van der Waals surface area contributed by atoms with E-state index in [1.165, 1.54) is 68.8 Å². The number of aromatic nitrogens is 1. The average molecular weight is 1030 g/mol. The molecule has 2 amide bonds. The van der Waals surface area contributed by atoms with E-state index >= 15 is 0 Å². The molecule has 0 aliphatic rings. The number of amides is 2. The first-order valence-electron chi connectivity index (χ1n) is 19.2. The topological polar surface area (TPSA) is 363 Å².